The molecule has 4 rings (SSSR count). The van der Waals surface area contributed by atoms with E-state index in [1.54, 1.807) is 13.0 Å². The molecule has 0 saturated heterocycles. The number of carbonyl (C=O) groups excluding carboxylic acids is 1. The number of halogens is 1. The minimum absolute atomic E-state index is 0.167. The second-order valence-corrected chi connectivity index (χ2v) is 10.8. The molecular formula is C34H39FO3. The van der Waals surface area contributed by atoms with Crippen LogP contribution in [-0.4, -0.2) is 24.3 Å². The lowest BCUT2D eigenvalue weighted by atomic mass is 9.77. The van der Waals surface area contributed by atoms with Crippen LogP contribution in [0.25, 0.3) is 22.3 Å². The van der Waals surface area contributed by atoms with Gasteiger partial charge in [-0.05, 0) is 83.9 Å². The van der Waals surface area contributed by atoms with Gasteiger partial charge in [0, 0.05) is 24.2 Å². The van der Waals surface area contributed by atoms with Crippen molar-refractivity contribution in [2.24, 2.45) is 5.92 Å². The van der Waals surface area contributed by atoms with Crippen molar-refractivity contribution in [3.8, 4) is 22.3 Å². The average molecular weight is 515 g/mol. The monoisotopic (exact) mass is 514 g/mol. The maximum Gasteiger partial charge on any atom is 0.333 e. The molecule has 0 unspecified atom stereocenters. The van der Waals surface area contributed by atoms with E-state index in [9.17, 15) is 4.79 Å². The Kier molecular flexibility index (Phi) is 9.52. The first-order valence-electron chi connectivity index (χ1n) is 13.8. The number of rotatable bonds is 10. The summed E-state index contributed by atoms with van der Waals surface area (Å²) in [5.74, 6) is 0.649. The number of aliphatic hydroxyl groups excluding tert-OH is 1. The lowest BCUT2D eigenvalue weighted by molar-refractivity contribution is -0.138. The molecule has 0 heterocycles. The fraction of sp³-hybridized carbons (Fsp3) is 0.382. The van der Waals surface area contributed by atoms with Crippen LogP contribution in [0, 0.1) is 11.7 Å². The summed E-state index contributed by atoms with van der Waals surface area (Å²) in [6, 6.07) is 19.7. The Morgan fingerprint density at radius 1 is 0.947 bits per heavy atom. The van der Waals surface area contributed by atoms with E-state index in [2.05, 4.69) is 31.7 Å². The molecule has 0 radical (unpaired) electrons. The fourth-order valence-corrected chi connectivity index (χ4v) is 5.41. The van der Waals surface area contributed by atoms with Crippen LogP contribution in [0.3, 0.4) is 0 Å². The van der Waals surface area contributed by atoms with Gasteiger partial charge in [0.2, 0.25) is 0 Å². The zero-order chi connectivity index (χ0) is 27.1. The summed E-state index contributed by atoms with van der Waals surface area (Å²) in [6.07, 6.45) is 6.94. The van der Waals surface area contributed by atoms with Crippen molar-refractivity contribution < 1.29 is 19.0 Å². The highest BCUT2D eigenvalue weighted by Crippen LogP contribution is 2.38. The van der Waals surface area contributed by atoms with E-state index in [1.807, 2.05) is 36.4 Å². The molecule has 0 atom stereocenters. The van der Waals surface area contributed by atoms with Gasteiger partial charge in [0.05, 0.1) is 6.61 Å². The van der Waals surface area contributed by atoms with E-state index < -0.39 is 0 Å². The van der Waals surface area contributed by atoms with Crippen molar-refractivity contribution in [1.29, 1.82) is 0 Å². The zero-order valence-corrected chi connectivity index (χ0v) is 22.6. The lowest BCUT2D eigenvalue weighted by Gasteiger charge is -2.28. The number of hydrogen-bond donors (Lipinski definition) is 1. The third kappa shape index (κ3) is 6.99. The number of benzene rings is 3. The average Bonchev–Trinajstić information content (AvgIpc) is 2.92. The molecule has 1 aliphatic carbocycles. The summed E-state index contributed by atoms with van der Waals surface area (Å²) in [4.78, 5) is 11.9. The molecule has 4 heteroatoms. The molecule has 3 aromatic rings. The first kappa shape index (κ1) is 27.8. The van der Waals surface area contributed by atoms with Crippen LogP contribution in [0.15, 0.2) is 72.8 Å². The molecule has 0 aliphatic heterocycles. The van der Waals surface area contributed by atoms with E-state index in [0.717, 1.165) is 41.0 Å². The van der Waals surface area contributed by atoms with Gasteiger partial charge in [0.25, 0.3) is 0 Å². The molecule has 3 aromatic carbocycles. The molecule has 1 saturated carbocycles. The van der Waals surface area contributed by atoms with E-state index in [1.165, 1.54) is 36.8 Å². The molecule has 1 aliphatic rings. The molecule has 1 N–H and O–H groups in total. The van der Waals surface area contributed by atoms with Crippen LogP contribution < -0.4 is 0 Å². The number of carbonyl (C=O) groups is 1. The second-order valence-electron chi connectivity index (χ2n) is 10.8. The van der Waals surface area contributed by atoms with Crippen molar-refractivity contribution >= 4 is 5.97 Å². The third-order valence-electron chi connectivity index (χ3n) is 7.74. The molecule has 0 spiro atoms. The quantitative estimate of drug-likeness (QED) is 0.220. The Bertz CT molecular complexity index is 1250. The highest BCUT2D eigenvalue weighted by molar-refractivity contribution is 5.86. The van der Waals surface area contributed by atoms with Crippen molar-refractivity contribution in [2.75, 3.05) is 13.2 Å². The van der Waals surface area contributed by atoms with Crippen molar-refractivity contribution in [3.63, 3.8) is 0 Å². The van der Waals surface area contributed by atoms with Gasteiger partial charge in [-0.3, -0.25) is 0 Å². The molecule has 1 fully saturated rings. The largest absolute Gasteiger partial charge is 0.462 e. The van der Waals surface area contributed by atoms with Gasteiger partial charge < -0.3 is 9.84 Å². The Hall–Kier alpha value is -3.24. The minimum atomic E-state index is -0.367. The van der Waals surface area contributed by atoms with Gasteiger partial charge in [-0.1, -0.05) is 80.9 Å². The standard InChI is InChI=1S/C34H39FO3/c1-23(2)34(37)38-20-18-30-21-28(14-16-31(30)26-10-6-24(3)7-11-26)29-15-17-32(33(35)22-29)27-12-8-25(9-13-27)5-4-19-36/h8-9,12-17,21-22,24,26,36H,1,4-7,10-11,18-20H2,2-3H3. The number of hydrogen-bond acceptors (Lipinski definition) is 3. The maximum atomic E-state index is 15.3. The highest BCUT2D eigenvalue weighted by Gasteiger charge is 2.22. The fourth-order valence-electron chi connectivity index (χ4n) is 5.41. The van der Waals surface area contributed by atoms with Gasteiger partial charge in [-0.25, -0.2) is 9.18 Å². The van der Waals surface area contributed by atoms with Crippen LogP contribution in [0.5, 0.6) is 0 Å². The van der Waals surface area contributed by atoms with Gasteiger partial charge >= 0.3 is 5.97 Å². The third-order valence-corrected chi connectivity index (χ3v) is 7.74. The maximum absolute atomic E-state index is 15.3. The summed E-state index contributed by atoms with van der Waals surface area (Å²) in [5, 5.41) is 9.04. The van der Waals surface area contributed by atoms with Gasteiger partial charge in [-0.2, -0.15) is 0 Å². The molecule has 38 heavy (non-hydrogen) atoms. The van der Waals surface area contributed by atoms with Crippen molar-refractivity contribution in [2.45, 2.75) is 64.7 Å². The molecule has 0 aromatic heterocycles. The predicted octanol–water partition coefficient (Wildman–Crippen LogP) is 8.04. The Morgan fingerprint density at radius 2 is 1.61 bits per heavy atom. The highest BCUT2D eigenvalue weighted by atomic mass is 19.1. The Balaban J connectivity index is 1.57. The summed E-state index contributed by atoms with van der Waals surface area (Å²) in [6.45, 7) is 8.11. The lowest BCUT2D eigenvalue weighted by Crippen LogP contribution is -2.14. The van der Waals surface area contributed by atoms with Gasteiger partial charge in [0.15, 0.2) is 0 Å². The SMILES string of the molecule is C=C(C)C(=O)OCCc1cc(-c2ccc(-c3ccc(CCCO)cc3)c(F)c2)ccc1C1CCC(C)CC1. The van der Waals surface area contributed by atoms with Gasteiger partial charge in [-0.15, -0.1) is 0 Å². The summed E-state index contributed by atoms with van der Waals surface area (Å²) >= 11 is 0. The first-order valence-corrected chi connectivity index (χ1v) is 13.8. The second kappa shape index (κ2) is 13.0. The van der Waals surface area contributed by atoms with E-state index in [4.69, 9.17) is 9.84 Å². The molecule has 200 valence electrons. The number of esters is 1. The Morgan fingerprint density at radius 3 is 2.26 bits per heavy atom. The Labute approximate surface area is 226 Å². The summed E-state index contributed by atoms with van der Waals surface area (Å²) in [5.41, 5.74) is 7.22. The van der Waals surface area contributed by atoms with Crippen molar-refractivity contribution in [1.82, 2.24) is 0 Å². The van der Waals surface area contributed by atoms with E-state index in [0.29, 0.717) is 30.1 Å². The molecular weight excluding hydrogens is 475 g/mol. The summed E-state index contributed by atoms with van der Waals surface area (Å²) in [7, 11) is 0. The molecule has 0 bridgehead atoms. The van der Waals surface area contributed by atoms with Crippen LogP contribution >= 0.6 is 0 Å². The van der Waals surface area contributed by atoms with Gasteiger partial charge in [0.1, 0.15) is 5.82 Å². The minimum Gasteiger partial charge on any atom is -0.462 e. The van der Waals surface area contributed by atoms with E-state index >= 15 is 4.39 Å². The normalized spacial score (nSPS) is 17.3. The number of aliphatic hydroxyl groups is 1. The molecule has 0 amide bonds. The van der Waals surface area contributed by atoms with Crippen LogP contribution in [0.4, 0.5) is 4.39 Å². The zero-order valence-electron chi connectivity index (χ0n) is 22.6. The summed E-state index contributed by atoms with van der Waals surface area (Å²) < 4.78 is 20.7. The van der Waals surface area contributed by atoms with Crippen LogP contribution in [0.2, 0.25) is 0 Å². The first-order chi connectivity index (χ1) is 18.4. The number of ether oxygens (including phenoxy) is 1. The molecule has 3 nitrogen and oxygen atoms in total. The smallest absolute Gasteiger partial charge is 0.333 e. The number of aryl methyl sites for hydroxylation is 1. The van der Waals surface area contributed by atoms with Crippen molar-refractivity contribution in [3.05, 3.63) is 95.3 Å². The topological polar surface area (TPSA) is 46.5 Å². The van der Waals surface area contributed by atoms with Crippen LogP contribution in [0.1, 0.15) is 68.6 Å². The van der Waals surface area contributed by atoms with E-state index in [-0.39, 0.29) is 18.4 Å². The predicted molar refractivity (Wildman–Crippen MR) is 153 cm³/mol. The van der Waals surface area contributed by atoms with Crippen LogP contribution in [-0.2, 0) is 22.4 Å².